The Morgan fingerprint density at radius 2 is 1.46 bits per heavy atom. The van der Waals surface area contributed by atoms with Crippen LogP contribution in [0.25, 0.3) is 0 Å². The molecule has 0 spiro atoms. The number of anilines is 1. The smallest absolute Gasteiger partial charge is 0.173 e. The van der Waals surface area contributed by atoms with Gasteiger partial charge in [-0.25, -0.2) is 4.68 Å². The molecule has 8 nitrogen and oxygen atoms in total. The van der Waals surface area contributed by atoms with Crippen LogP contribution in [0.15, 0.2) is 66.7 Å². The highest BCUT2D eigenvalue weighted by atomic mass is 16.5. The molecule has 1 aromatic heterocycles. The normalized spacial score (nSPS) is 15.0. The summed E-state index contributed by atoms with van der Waals surface area (Å²) in [5.41, 5.74) is 6.19. The van der Waals surface area contributed by atoms with Crippen molar-refractivity contribution in [2.24, 2.45) is 0 Å². The first-order valence-electron chi connectivity index (χ1n) is 12.6. The van der Waals surface area contributed by atoms with Crippen LogP contribution in [0.1, 0.15) is 34.1 Å². The molecule has 0 unspecified atom stereocenters. The number of piperazine rings is 1. The van der Waals surface area contributed by atoms with Crippen LogP contribution in [0, 0.1) is 13.8 Å². The fourth-order valence-electron chi connectivity index (χ4n) is 5.01. The molecular formula is C29H34N6O2. The molecule has 37 heavy (non-hydrogen) atoms. The van der Waals surface area contributed by atoms with Crippen molar-refractivity contribution in [3.8, 4) is 11.5 Å². The average Bonchev–Trinajstić information content (AvgIpc) is 3.39. The number of aromatic nitrogens is 4. The minimum atomic E-state index is -0.0695. The zero-order chi connectivity index (χ0) is 25.8. The monoisotopic (exact) mass is 498 g/mol. The third kappa shape index (κ3) is 5.44. The second kappa shape index (κ2) is 11.0. The summed E-state index contributed by atoms with van der Waals surface area (Å²) in [6.45, 7) is 8.62. The predicted molar refractivity (Wildman–Crippen MR) is 144 cm³/mol. The van der Waals surface area contributed by atoms with Crippen molar-refractivity contribution in [2.45, 2.75) is 26.4 Å². The van der Waals surface area contributed by atoms with Crippen molar-refractivity contribution in [1.29, 1.82) is 0 Å². The van der Waals surface area contributed by atoms with Crippen molar-refractivity contribution < 1.29 is 9.47 Å². The van der Waals surface area contributed by atoms with Crippen LogP contribution in [0.2, 0.25) is 0 Å². The lowest BCUT2D eigenvalue weighted by Crippen LogP contribution is -2.48. The quantitative estimate of drug-likeness (QED) is 0.359. The molecule has 1 aliphatic heterocycles. The van der Waals surface area contributed by atoms with Crippen LogP contribution < -0.4 is 14.4 Å². The van der Waals surface area contributed by atoms with Crippen LogP contribution >= 0.6 is 0 Å². The summed E-state index contributed by atoms with van der Waals surface area (Å²) in [4.78, 5) is 4.98. The fraction of sp³-hybridized carbons (Fsp3) is 0.345. The highest BCUT2D eigenvalue weighted by Crippen LogP contribution is 2.31. The van der Waals surface area contributed by atoms with Gasteiger partial charge in [0.15, 0.2) is 5.82 Å². The summed E-state index contributed by atoms with van der Waals surface area (Å²) < 4.78 is 12.6. The summed E-state index contributed by atoms with van der Waals surface area (Å²) in [5.74, 6) is 2.50. The molecule has 2 heterocycles. The highest BCUT2D eigenvalue weighted by Gasteiger charge is 2.31. The molecule has 0 aliphatic carbocycles. The lowest BCUT2D eigenvalue weighted by atomic mass is 10.0. The summed E-state index contributed by atoms with van der Waals surface area (Å²) in [6, 6.07) is 22.9. The number of rotatable bonds is 8. The number of methoxy groups -OCH3 is 2. The molecule has 1 fully saturated rings. The van der Waals surface area contributed by atoms with E-state index in [4.69, 9.17) is 9.47 Å². The zero-order valence-electron chi connectivity index (χ0n) is 22.0. The maximum atomic E-state index is 5.41. The Labute approximate surface area is 218 Å². The Morgan fingerprint density at radius 1 is 0.811 bits per heavy atom. The van der Waals surface area contributed by atoms with Crippen molar-refractivity contribution in [3.05, 3.63) is 94.8 Å². The molecule has 192 valence electrons. The molecule has 1 atom stereocenters. The number of hydrogen-bond acceptors (Lipinski definition) is 7. The van der Waals surface area contributed by atoms with E-state index >= 15 is 0 Å². The first-order valence-corrected chi connectivity index (χ1v) is 12.6. The largest absolute Gasteiger partial charge is 0.497 e. The first-order chi connectivity index (χ1) is 18.1. The highest BCUT2D eigenvalue weighted by molar-refractivity contribution is 5.55. The number of nitrogens with zero attached hydrogens (tertiary/aromatic N) is 6. The molecule has 8 heteroatoms. The molecule has 1 aliphatic rings. The van der Waals surface area contributed by atoms with Crippen LogP contribution in [-0.2, 0) is 6.54 Å². The SMILES string of the molecule is COc1ccc(Cn2nnnc2[C@H](c2ccc(OC)cc2)N2CCN(c3cc(C)ccc3C)CC2)cc1. The van der Waals surface area contributed by atoms with Crippen molar-refractivity contribution in [1.82, 2.24) is 25.1 Å². The molecule has 3 aromatic carbocycles. The van der Waals surface area contributed by atoms with E-state index in [-0.39, 0.29) is 6.04 Å². The molecule has 0 amide bonds. The molecule has 0 saturated carbocycles. The Balaban J connectivity index is 1.42. The summed E-state index contributed by atoms with van der Waals surface area (Å²) in [6.07, 6.45) is 0. The van der Waals surface area contributed by atoms with E-state index in [1.807, 2.05) is 28.9 Å². The number of aryl methyl sites for hydroxylation is 2. The van der Waals surface area contributed by atoms with Crippen molar-refractivity contribution in [2.75, 3.05) is 45.3 Å². The Morgan fingerprint density at radius 3 is 2.11 bits per heavy atom. The van der Waals surface area contributed by atoms with E-state index in [0.717, 1.165) is 54.6 Å². The van der Waals surface area contributed by atoms with Gasteiger partial charge in [-0.2, -0.15) is 0 Å². The minimum Gasteiger partial charge on any atom is -0.497 e. The Kier molecular flexibility index (Phi) is 7.37. The lowest BCUT2D eigenvalue weighted by Gasteiger charge is -2.40. The topological polar surface area (TPSA) is 68.5 Å². The van der Waals surface area contributed by atoms with Crippen LogP contribution in [0.4, 0.5) is 5.69 Å². The van der Waals surface area contributed by atoms with Gasteiger partial charge in [-0.15, -0.1) is 5.10 Å². The molecule has 5 rings (SSSR count). The van der Waals surface area contributed by atoms with Gasteiger partial charge in [0, 0.05) is 31.9 Å². The minimum absolute atomic E-state index is 0.0695. The van der Waals surface area contributed by atoms with Crippen molar-refractivity contribution >= 4 is 5.69 Å². The number of hydrogen-bond donors (Lipinski definition) is 0. The van der Waals surface area contributed by atoms with E-state index in [1.165, 1.54) is 16.8 Å². The standard InChI is InChI=1S/C29H34N6O2/c1-21-5-6-22(2)27(19-21)33-15-17-34(18-16-33)28(24-9-13-26(37-4)14-10-24)29-30-31-32-35(29)20-23-7-11-25(36-3)12-8-23/h5-14,19,28H,15-18,20H2,1-4H3/t28-/m0/s1. The second-order valence-corrected chi connectivity index (χ2v) is 9.53. The summed E-state index contributed by atoms with van der Waals surface area (Å²) in [7, 11) is 3.36. The molecule has 0 bridgehead atoms. The Bertz CT molecular complexity index is 1310. The third-order valence-electron chi connectivity index (χ3n) is 7.11. The van der Waals surface area contributed by atoms with E-state index in [2.05, 4.69) is 81.6 Å². The molecule has 1 saturated heterocycles. The number of tetrazole rings is 1. The predicted octanol–water partition coefficient (Wildman–Crippen LogP) is 4.27. The lowest BCUT2D eigenvalue weighted by molar-refractivity contribution is 0.201. The second-order valence-electron chi connectivity index (χ2n) is 9.53. The van der Waals surface area contributed by atoms with E-state index < -0.39 is 0 Å². The van der Waals surface area contributed by atoms with Gasteiger partial charge in [0.25, 0.3) is 0 Å². The molecule has 0 N–H and O–H groups in total. The van der Waals surface area contributed by atoms with Gasteiger partial charge in [-0.05, 0) is 76.9 Å². The van der Waals surface area contributed by atoms with E-state index in [0.29, 0.717) is 6.54 Å². The zero-order valence-corrected chi connectivity index (χ0v) is 22.0. The van der Waals surface area contributed by atoms with Gasteiger partial charge >= 0.3 is 0 Å². The summed E-state index contributed by atoms with van der Waals surface area (Å²) >= 11 is 0. The van der Waals surface area contributed by atoms with E-state index in [9.17, 15) is 0 Å². The molecule has 4 aromatic rings. The van der Waals surface area contributed by atoms with Gasteiger partial charge in [-0.3, -0.25) is 4.90 Å². The molecular weight excluding hydrogens is 464 g/mol. The van der Waals surface area contributed by atoms with Gasteiger partial charge in [-0.1, -0.05) is 36.4 Å². The summed E-state index contributed by atoms with van der Waals surface area (Å²) in [5, 5.41) is 13.0. The number of ether oxygens (including phenoxy) is 2. The first kappa shape index (κ1) is 24.8. The molecule has 0 radical (unpaired) electrons. The van der Waals surface area contributed by atoms with Gasteiger partial charge in [0.1, 0.15) is 11.5 Å². The van der Waals surface area contributed by atoms with Crippen LogP contribution in [0.3, 0.4) is 0 Å². The van der Waals surface area contributed by atoms with E-state index in [1.54, 1.807) is 14.2 Å². The fourth-order valence-corrected chi connectivity index (χ4v) is 5.01. The van der Waals surface area contributed by atoms with Gasteiger partial charge in [0.2, 0.25) is 0 Å². The van der Waals surface area contributed by atoms with Crippen LogP contribution in [0.5, 0.6) is 11.5 Å². The van der Waals surface area contributed by atoms with Gasteiger partial charge < -0.3 is 14.4 Å². The Hall–Kier alpha value is -3.91. The average molecular weight is 499 g/mol. The van der Waals surface area contributed by atoms with Crippen LogP contribution in [-0.4, -0.2) is 65.5 Å². The number of benzene rings is 3. The van der Waals surface area contributed by atoms with Crippen molar-refractivity contribution in [3.63, 3.8) is 0 Å². The van der Waals surface area contributed by atoms with Gasteiger partial charge in [0.05, 0.1) is 26.8 Å². The third-order valence-corrected chi connectivity index (χ3v) is 7.11. The maximum absolute atomic E-state index is 5.41. The maximum Gasteiger partial charge on any atom is 0.173 e.